The maximum absolute atomic E-state index is 12.5. The van der Waals surface area contributed by atoms with Crippen molar-refractivity contribution in [3.05, 3.63) is 95.3 Å². The monoisotopic (exact) mass is 664 g/mol. The number of methoxy groups -OCH3 is 2. The molecule has 14 nitrogen and oxygen atoms in total. The van der Waals surface area contributed by atoms with Crippen LogP contribution in [0.15, 0.2) is 84.2 Å². The first-order valence-electron chi connectivity index (χ1n) is 14.3. The minimum atomic E-state index is -0.938. The van der Waals surface area contributed by atoms with Crippen molar-refractivity contribution >= 4 is 47.1 Å². The Morgan fingerprint density at radius 2 is 0.833 bits per heavy atom. The van der Waals surface area contributed by atoms with Crippen molar-refractivity contribution in [2.45, 2.75) is 26.9 Å². The number of esters is 2. The van der Waals surface area contributed by atoms with Gasteiger partial charge in [0.1, 0.15) is 11.4 Å². The molecule has 0 atom stereocenters. The number of ether oxygens (including phenoxy) is 2. The van der Waals surface area contributed by atoms with Gasteiger partial charge in [0.05, 0.1) is 39.5 Å². The summed E-state index contributed by atoms with van der Waals surface area (Å²) in [6.07, 6.45) is 1.71. The summed E-state index contributed by atoms with van der Waals surface area (Å²) in [4.78, 5) is 100. The Morgan fingerprint density at radius 1 is 0.542 bits per heavy atom. The molecule has 0 N–H and O–H groups in total. The maximum atomic E-state index is 12.5. The van der Waals surface area contributed by atoms with E-state index in [-0.39, 0.29) is 24.5 Å². The summed E-state index contributed by atoms with van der Waals surface area (Å²) in [7, 11) is 8.32. The average Bonchev–Trinajstić information content (AvgIpc) is 3.07. The first-order chi connectivity index (χ1) is 22.5. The van der Waals surface area contributed by atoms with Crippen LogP contribution in [0, 0.1) is 0 Å². The van der Waals surface area contributed by atoms with Crippen LogP contribution in [0.2, 0.25) is 0 Å². The Bertz CT molecular complexity index is 1450. The first-order valence-corrected chi connectivity index (χ1v) is 14.3. The number of ketones is 4. The van der Waals surface area contributed by atoms with Gasteiger partial charge in [-0.1, -0.05) is 60.7 Å². The zero-order valence-electron chi connectivity index (χ0n) is 28.2. The number of allylic oxidation sites excluding steroid dienone is 2. The second kappa shape index (κ2) is 19.6. The summed E-state index contributed by atoms with van der Waals surface area (Å²) in [6.45, 7) is 2.21. The first kappa shape index (κ1) is 40.1. The molecule has 0 aliphatic heterocycles. The molecule has 0 spiro atoms. The molecule has 14 heteroatoms. The summed E-state index contributed by atoms with van der Waals surface area (Å²) in [6, 6.07) is 16.7. The van der Waals surface area contributed by atoms with Gasteiger partial charge < -0.3 is 19.3 Å². The summed E-state index contributed by atoms with van der Waals surface area (Å²) in [5.74, 6) is -5.10. The van der Waals surface area contributed by atoms with Gasteiger partial charge in [-0.25, -0.2) is 19.2 Å². The van der Waals surface area contributed by atoms with E-state index in [1.165, 1.54) is 38.0 Å². The Hall–Kier alpha value is -5.92. The van der Waals surface area contributed by atoms with Crippen molar-refractivity contribution in [1.82, 2.24) is 19.6 Å². The summed E-state index contributed by atoms with van der Waals surface area (Å²) in [5, 5.41) is 0. The second-order valence-electron chi connectivity index (χ2n) is 10.4. The highest BCUT2D eigenvalue weighted by Gasteiger charge is 2.30. The van der Waals surface area contributed by atoms with Crippen LogP contribution in [0.5, 0.6) is 0 Å². The van der Waals surface area contributed by atoms with Crippen molar-refractivity contribution in [2.24, 2.45) is 0 Å². The summed E-state index contributed by atoms with van der Waals surface area (Å²) in [5.41, 5.74) is 0.827. The Kier molecular flexibility index (Phi) is 16.3. The molecule has 4 amide bonds. The lowest BCUT2D eigenvalue weighted by molar-refractivity contribution is -0.136. The molecule has 2 aromatic rings. The van der Waals surface area contributed by atoms with Crippen LogP contribution >= 0.6 is 0 Å². The third-order valence-corrected chi connectivity index (χ3v) is 6.19. The van der Waals surface area contributed by atoms with Crippen LogP contribution in [0.3, 0.4) is 0 Å². The van der Waals surface area contributed by atoms with Crippen molar-refractivity contribution in [3.8, 4) is 0 Å². The SMILES string of the molecule is COC(=O)/C=C(\C(=O)C(C)=O)N(Cc1ccccc1)C(=O)N(C)C.COC(=O)/C=C(\C(=O)C(C)=O)N(Cc1ccccc1)C(=O)N(C)C. The molecule has 0 unspecified atom stereocenters. The normalized spacial score (nSPS) is 10.8. The molecule has 256 valence electrons. The van der Waals surface area contributed by atoms with Gasteiger partial charge >= 0.3 is 24.0 Å². The Morgan fingerprint density at radius 3 is 1.06 bits per heavy atom. The van der Waals surface area contributed by atoms with E-state index in [2.05, 4.69) is 9.47 Å². The number of amides is 4. The van der Waals surface area contributed by atoms with Gasteiger partial charge in [-0.05, 0) is 11.1 Å². The number of Topliss-reactive ketones (excluding diaryl/α,β-unsaturated/α-hetero) is 4. The number of carbonyl (C=O) groups is 8. The van der Waals surface area contributed by atoms with Crippen LogP contribution in [0.25, 0.3) is 0 Å². The smallest absolute Gasteiger partial charge is 0.332 e. The average molecular weight is 665 g/mol. The van der Waals surface area contributed by atoms with Crippen LogP contribution < -0.4 is 0 Å². The van der Waals surface area contributed by atoms with E-state index in [9.17, 15) is 38.4 Å². The minimum Gasteiger partial charge on any atom is -0.466 e. The fourth-order valence-electron chi connectivity index (χ4n) is 3.76. The number of rotatable bonds is 12. The highest BCUT2D eigenvalue weighted by atomic mass is 16.5. The van der Waals surface area contributed by atoms with Crippen LogP contribution in [0.1, 0.15) is 25.0 Å². The number of hydrogen-bond acceptors (Lipinski definition) is 10. The fourth-order valence-corrected chi connectivity index (χ4v) is 3.76. The quantitative estimate of drug-likeness (QED) is 0.187. The maximum Gasteiger partial charge on any atom is 0.332 e. The van der Waals surface area contributed by atoms with E-state index in [0.29, 0.717) is 0 Å². The van der Waals surface area contributed by atoms with Crippen LogP contribution in [-0.2, 0) is 51.3 Å². The van der Waals surface area contributed by atoms with E-state index in [1.54, 1.807) is 48.5 Å². The number of nitrogens with zero attached hydrogens (tertiary/aromatic N) is 4. The highest BCUT2D eigenvalue weighted by molar-refractivity contribution is 6.44. The third-order valence-electron chi connectivity index (χ3n) is 6.19. The zero-order valence-corrected chi connectivity index (χ0v) is 28.2. The highest BCUT2D eigenvalue weighted by Crippen LogP contribution is 2.17. The molecule has 0 fully saturated rings. The minimum absolute atomic E-state index is 0.0275. The van der Waals surface area contributed by atoms with E-state index >= 15 is 0 Å². The van der Waals surface area contributed by atoms with Gasteiger partial charge in [0.25, 0.3) is 0 Å². The Labute approximate surface area is 279 Å². The van der Waals surface area contributed by atoms with Crippen molar-refractivity contribution < 1.29 is 47.8 Å². The van der Waals surface area contributed by atoms with Crippen LogP contribution in [-0.4, -0.2) is 109 Å². The summed E-state index contributed by atoms with van der Waals surface area (Å²) >= 11 is 0. The largest absolute Gasteiger partial charge is 0.466 e. The molecule has 0 heterocycles. The van der Waals surface area contributed by atoms with Gasteiger partial charge in [-0.3, -0.25) is 29.0 Å². The molecule has 0 bridgehead atoms. The number of urea groups is 2. The van der Waals surface area contributed by atoms with Crippen molar-refractivity contribution in [2.75, 3.05) is 42.4 Å². The molecular formula is C34H40N4O10. The number of carbonyl (C=O) groups excluding carboxylic acids is 8. The lowest BCUT2D eigenvalue weighted by Crippen LogP contribution is -2.41. The molecule has 0 aliphatic carbocycles. The lowest BCUT2D eigenvalue weighted by atomic mass is 10.1. The molecule has 48 heavy (non-hydrogen) atoms. The molecular weight excluding hydrogens is 624 g/mol. The van der Waals surface area contributed by atoms with Crippen molar-refractivity contribution in [3.63, 3.8) is 0 Å². The molecule has 0 radical (unpaired) electrons. The van der Waals surface area contributed by atoms with E-state index in [1.807, 2.05) is 12.1 Å². The van der Waals surface area contributed by atoms with Crippen molar-refractivity contribution in [1.29, 1.82) is 0 Å². The van der Waals surface area contributed by atoms with E-state index < -0.39 is 47.1 Å². The summed E-state index contributed by atoms with van der Waals surface area (Å²) < 4.78 is 9.04. The van der Waals surface area contributed by atoms with Gasteiger partial charge in [-0.15, -0.1) is 0 Å². The third kappa shape index (κ3) is 12.5. The lowest BCUT2D eigenvalue weighted by Gasteiger charge is -2.27. The molecule has 0 aromatic heterocycles. The predicted octanol–water partition coefficient (Wildman–Crippen LogP) is 2.77. The number of benzene rings is 2. The molecule has 0 saturated heterocycles. The second-order valence-corrected chi connectivity index (χ2v) is 10.4. The van der Waals surface area contributed by atoms with Crippen LogP contribution in [0.4, 0.5) is 9.59 Å². The zero-order chi connectivity index (χ0) is 36.6. The van der Waals surface area contributed by atoms with E-state index in [0.717, 1.165) is 61.1 Å². The Balaban J connectivity index is 0.000000480. The molecule has 0 aliphatic rings. The molecule has 0 saturated carbocycles. The number of hydrogen-bond donors (Lipinski definition) is 0. The van der Waals surface area contributed by atoms with Gasteiger partial charge in [0.15, 0.2) is 0 Å². The van der Waals surface area contributed by atoms with Gasteiger partial charge in [0, 0.05) is 42.0 Å². The topological polar surface area (TPSA) is 168 Å². The van der Waals surface area contributed by atoms with Gasteiger partial charge in [-0.2, -0.15) is 0 Å². The predicted molar refractivity (Wildman–Crippen MR) is 174 cm³/mol. The van der Waals surface area contributed by atoms with Gasteiger partial charge in [0.2, 0.25) is 23.1 Å². The molecule has 2 aromatic carbocycles. The standard InChI is InChI=1S/2C17H20N2O5/c2*1-12(20)16(22)14(10-15(21)24-4)19(17(23)18(2)3)11-13-8-6-5-7-9-13/h2*5-10H,11H2,1-4H3/b2*14-10+. The molecule has 2 rings (SSSR count). The van der Waals surface area contributed by atoms with E-state index in [4.69, 9.17) is 0 Å². The fraction of sp³-hybridized carbons (Fsp3) is 0.294.